The van der Waals surface area contributed by atoms with Gasteiger partial charge in [-0.3, -0.25) is 4.79 Å². The Morgan fingerprint density at radius 2 is 2.00 bits per heavy atom. The van der Waals surface area contributed by atoms with Gasteiger partial charge in [0.1, 0.15) is 0 Å². The van der Waals surface area contributed by atoms with Crippen LogP contribution in [0.4, 0.5) is 0 Å². The lowest BCUT2D eigenvalue weighted by atomic mass is 10.1. The van der Waals surface area contributed by atoms with Crippen molar-refractivity contribution in [3.05, 3.63) is 0 Å². The van der Waals surface area contributed by atoms with Crippen LogP contribution in [0.3, 0.4) is 0 Å². The van der Waals surface area contributed by atoms with Gasteiger partial charge in [-0.05, 0) is 39.0 Å². The van der Waals surface area contributed by atoms with E-state index in [9.17, 15) is 9.90 Å². The normalized spacial score (nSPS) is 30.8. The van der Waals surface area contributed by atoms with Crippen LogP contribution >= 0.6 is 0 Å². The van der Waals surface area contributed by atoms with E-state index in [0.29, 0.717) is 25.6 Å². The van der Waals surface area contributed by atoms with Gasteiger partial charge in [0.05, 0.1) is 18.3 Å². The van der Waals surface area contributed by atoms with Crippen molar-refractivity contribution in [1.29, 1.82) is 0 Å². The quantitative estimate of drug-likeness (QED) is 0.810. The predicted molar refractivity (Wildman–Crippen MR) is 64.6 cm³/mol. The van der Waals surface area contributed by atoms with Crippen LogP contribution in [0.15, 0.2) is 0 Å². The molecule has 0 aromatic rings. The minimum absolute atomic E-state index is 0.210. The molecule has 98 valence electrons. The van der Waals surface area contributed by atoms with Crippen LogP contribution in [0.2, 0.25) is 0 Å². The summed E-state index contributed by atoms with van der Waals surface area (Å²) in [5, 5.41) is 9.38. The van der Waals surface area contributed by atoms with E-state index in [1.807, 2.05) is 4.90 Å². The summed E-state index contributed by atoms with van der Waals surface area (Å²) >= 11 is 0. The molecule has 1 amide bonds. The molecule has 2 fully saturated rings. The molecule has 4 nitrogen and oxygen atoms in total. The number of amides is 1. The zero-order valence-electron chi connectivity index (χ0n) is 10.6. The summed E-state index contributed by atoms with van der Waals surface area (Å²) in [6, 6.07) is 0. The molecular weight excluding hydrogens is 218 g/mol. The number of carbonyl (C=O) groups excluding carboxylic acids is 1. The first kappa shape index (κ1) is 12.8. The summed E-state index contributed by atoms with van der Waals surface area (Å²) in [7, 11) is 0. The molecule has 2 aliphatic heterocycles. The molecule has 1 N–H and O–H groups in total. The highest BCUT2D eigenvalue weighted by atomic mass is 16.5. The van der Waals surface area contributed by atoms with Crippen molar-refractivity contribution in [3.63, 3.8) is 0 Å². The fraction of sp³-hybridized carbons (Fsp3) is 0.923. The second kappa shape index (κ2) is 5.83. The first-order valence-electron chi connectivity index (χ1n) is 6.76. The molecule has 0 aromatic heterocycles. The Balaban J connectivity index is 1.67. The summed E-state index contributed by atoms with van der Waals surface area (Å²) in [5.41, 5.74) is 0. The maximum Gasteiger partial charge on any atom is 0.222 e. The second-order valence-electron chi connectivity index (χ2n) is 5.30. The Morgan fingerprint density at radius 3 is 2.59 bits per heavy atom. The number of ether oxygens (including phenoxy) is 1. The summed E-state index contributed by atoms with van der Waals surface area (Å²) < 4.78 is 5.71. The van der Waals surface area contributed by atoms with Gasteiger partial charge in [0.25, 0.3) is 0 Å². The van der Waals surface area contributed by atoms with E-state index in [1.165, 1.54) is 0 Å². The fourth-order valence-corrected chi connectivity index (χ4v) is 2.66. The Hall–Kier alpha value is -0.610. The van der Waals surface area contributed by atoms with Crippen LogP contribution in [0, 0.1) is 0 Å². The van der Waals surface area contributed by atoms with Gasteiger partial charge < -0.3 is 14.7 Å². The highest BCUT2D eigenvalue weighted by molar-refractivity contribution is 5.76. The van der Waals surface area contributed by atoms with E-state index in [-0.39, 0.29) is 18.1 Å². The zero-order valence-corrected chi connectivity index (χ0v) is 10.6. The Labute approximate surface area is 103 Å². The molecule has 0 spiro atoms. The number of hydrogen-bond acceptors (Lipinski definition) is 3. The molecule has 0 saturated carbocycles. The number of carbonyl (C=O) groups is 1. The predicted octanol–water partition coefficient (Wildman–Crippen LogP) is 1.32. The molecule has 0 aliphatic carbocycles. The zero-order chi connectivity index (χ0) is 12.3. The van der Waals surface area contributed by atoms with Crippen molar-refractivity contribution in [2.24, 2.45) is 0 Å². The van der Waals surface area contributed by atoms with Crippen LogP contribution in [0.25, 0.3) is 0 Å². The molecule has 2 heterocycles. The third kappa shape index (κ3) is 3.68. The lowest BCUT2D eigenvalue weighted by molar-refractivity contribution is -0.133. The first-order valence-corrected chi connectivity index (χ1v) is 6.76. The van der Waals surface area contributed by atoms with Crippen molar-refractivity contribution in [2.75, 3.05) is 13.1 Å². The number of likely N-dealkylation sites (tertiary alicyclic amines) is 1. The largest absolute Gasteiger partial charge is 0.393 e. The van der Waals surface area contributed by atoms with Gasteiger partial charge in [-0.15, -0.1) is 0 Å². The number of rotatable bonds is 3. The number of aliphatic hydroxyl groups is 1. The molecule has 0 bridgehead atoms. The molecule has 2 rings (SSSR count). The fourth-order valence-electron chi connectivity index (χ4n) is 2.66. The van der Waals surface area contributed by atoms with Crippen molar-refractivity contribution >= 4 is 5.91 Å². The highest BCUT2D eigenvalue weighted by Gasteiger charge is 2.25. The van der Waals surface area contributed by atoms with Crippen molar-refractivity contribution in [3.8, 4) is 0 Å². The Bertz CT molecular complexity index is 261. The molecule has 2 atom stereocenters. The molecule has 0 aromatic carbocycles. The Morgan fingerprint density at radius 1 is 1.29 bits per heavy atom. The number of aliphatic hydroxyl groups excluding tert-OH is 1. The average Bonchev–Trinajstić information content (AvgIpc) is 2.73. The topological polar surface area (TPSA) is 49.8 Å². The molecular formula is C13H23NO3. The van der Waals surface area contributed by atoms with E-state index in [2.05, 4.69) is 6.92 Å². The number of piperidine rings is 1. The van der Waals surface area contributed by atoms with Crippen molar-refractivity contribution < 1.29 is 14.6 Å². The minimum atomic E-state index is -0.210. The molecule has 4 heteroatoms. The number of hydrogen-bond donors (Lipinski definition) is 1. The van der Waals surface area contributed by atoms with E-state index in [4.69, 9.17) is 4.74 Å². The smallest absolute Gasteiger partial charge is 0.222 e. The maximum atomic E-state index is 11.9. The van der Waals surface area contributed by atoms with Crippen molar-refractivity contribution in [2.45, 2.75) is 63.8 Å². The third-order valence-corrected chi connectivity index (χ3v) is 3.82. The maximum absolute atomic E-state index is 11.9. The van der Waals surface area contributed by atoms with Crippen LogP contribution in [0.1, 0.15) is 45.4 Å². The minimum Gasteiger partial charge on any atom is -0.393 e. The van der Waals surface area contributed by atoms with Gasteiger partial charge in [0.2, 0.25) is 5.91 Å². The van der Waals surface area contributed by atoms with Crippen LogP contribution in [0.5, 0.6) is 0 Å². The Kier molecular flexibility index (Phi) is 4.40. The van der Waals surface area contributed by atoms with Gasteiger partial charge in [-0.25, -0.2) is 0 Å². The first-order chi connectivity index (χ1) is 8.15. The van der Waals surface area contributed by atoms with Gasteiger partial charge in [0.15, 0.2) is 0 Å². The molecule has 17 heavy (non-hydrogen) atoms. The molecule has 0 radical (unpaired) electrons. The number of nitrogens with zero attached hydrogens (tertiary/aromatic N) is 1. The lowest BCUT2D eigenvalue weighted by Crippen LogP contribution is -2.40. The second-order valence-corrected chi connectivity index (χ2v) is 5.30. The average molecular weight is 241 g/mol. The standard InChI is InChI=1S/C13H23NO3/c1-10-2-3-12(17-10)4-5-13(16)14-8-6-11(15)7-9-14/h10-12,15H,2-9H2,1H3. The van der Waals surface area contributed by atoms with Gasteiger partial charge in [-0.1, -0.05) is 0 Å². The highest BCUT2D eigenvalue weighted by Crippen LogP contribution is 2.23. The van der Waals surface area contributed by atoms with Crippen LogP contribution < -0.4 is 0 Å². The third-order valence-electron chi connectivity index (χ3n) is 3.82. The lowest BCUT2D eigenvalue weighted by Gasteiger charge is -2.29. The summed E-state index contributed by atoms with van der Waals surface area (Å²) in [6.07, 6.45) is 5.53. The molecule has 2 unspecified atom stereocenters. The summed E-state index contributed by atoms with van der Waals surface area (Å²) in [5.74, 6) is 0.222. The van der Waals surface area contributed by atoms with Crippen LogP contribution in [-0.2, 0) is 9.53 Å². The summed E-state index contributed by atoms with van der Waals surface area (Å²) in [4.78, 5) is 13.8. The van der Waals surface area contributed by atoms with E-state index >= 15 is 0 Å². The van der Waals surface area contributed by atoms with Gasteiger partial charge in [-0.2, -0.15) is 0 Å². The summed E-state index contributed by atoms with van der Waals surface area (Å²) in [6.45, 7) is 3.51. The van der Waals surface area contributed by atoms with Crippen LogP contribution in [-0.4, -0.2) is 47.3 Å². The van der Waals surface area contributed by atoms with E-state index in [0.717, 1.165) is 32.1 Å². The van der Waals surface area contributed by atoms with Gasteiger partial charge in [0, 0.05) is 19.5 Å². The van der Waals surface area contributed by atoms with Crippen molar-refractivity contribution in [1.82, 2.24) is 4.90 Å². The van der Waals surface area contributed by atoms with E-state index < -0.39 is 0 Å². The van der Waals surface area contributed by atoms with E-state index in [1.54, 1.807) is 0 Å². The molecule has 2 saturated heterocycles. The monoisotopic (exact) mass is 241 g/mol. The van der Waals surface area contributed by atoms with Gasteiger partial charge >= 0.3 is 0 Å². The SMILES string of the molecule is CC1CCC(CCC(=O)N2CCC(O)CC2)O1. The molecule has 2 aliphatic rings.